The molecule has 1 aliphatic heterocycles. The standard InChI is InChI=1S/C19H16BrNO3S2/c1-23-16-9-13(14(20)10-17(16)24-2)8-15-18(22)26-19(21-15)25-11-12-6-4-3-5-7-12/h3-10H,11H2,1-2H3/b15-8+. The van der Waals surface area contributed by atoms with E-state index in [1.165, 1.54) is 17.3 Å². The summed E-state index contributed by atoms with van der Waals surface area (Å²) in [6.07, 6.45) is 1.76. The molecule has 26 heavy (non-hydrogen) atoms. The Balaban J connectivity index is 1.80. The van der Waals surface area contributed by atoms with Gasteiger partial charge in [0.25, 0.3) is 0 Å². The van der Waals surface area contributed by atoms with Crippen LogP contribution in [0.3, 0.4) is 0 Å². The highest BCUT2D eigenvalue weighted by molar-refractivity contribution is 9.10. The lowest BCUT2D eigenvalue weighted by molar-refractivity contribution is -0.107. The molecule has 2 aromatic carbocycles. The number of benzene rings is 2. The van der Waals surface area contributed by atoms with Crippen LogP contribution < -0.4 is 9.47 Å². The third-order valence-corrected chi connectivity index (χ3v) is 6.37. The molecular weight excluding hydrogens is 434 g/mol. The maximum absolute atomic E-state index is 12.3. The minimum Gasteiger partial charge on any atom is -0.493 e. The van der Waals surface area contributed by atoms with Crippen LogP contribution in [0.4, 0.5) is 0 Å². The molecule has 0 amide bonds. The Kier molecular flexibility index (Phi) is 6.45. The first-order valence-electron chi connectivity index (χ1n) is 7.71. The first-order valence-corrected chi connectivity index (χ1v) is 10.3. The van der Waals surface area contributed by atoms with Crippen LogP contribution in [0.1, 0.15) is 11.1 Å². The molecule has 0 fully saturated rings. The van der Waals surface area contributed by atoms with Crippen molar-refractivity contribution in [2.45, 2.75) is 5.75 Å². The Morgan fingerprint density at radius 1 is 1.15 bits per heavy atom. The fourth-order valence-electron chi connectivity index (χ4n) is 2.30. The molecule has 0 aromatic heterocycles. The minimum absolute atomic E-state index is 0.0535. The van der Waals surface area contributed by atoms with Crippen LogP contribution in [-0.4, -0.2) is 23.7 Å². The van der Waals surface area contributed by atoms with E-state index in [1.54, 1.807) is 32.1 Å². The van der Waals surface area contributed by atoms with Gasteiger partial charge in [0.2, 0.25) is 5.12 Å². The van der Waals surface area contributed by atoms with Crippen LogP contribution in [0.15, 0.2) is 57.6 Å². The molecule has 0 spiro atoms. The highest BCUT2D eigenvalue weighted by Gasteiger charge is 2.23. The normalized spacial score (nSPS) is 15.3. The van der Waals surface area contributed by atoms with Crippen molar-refractivity contribution in [1.82, 2.24) is 0 Å². The van der Waals surface area contributed by atoms with Gasteiger partial charge in [-0.25, -0.2) is 4.99 Å². The maximum Gasteiger partial charge on any atom is 0.244 e. The largest absolute Gasteiger partial charge is 0.493 e. The van der Waals surface area contributed by atoms with Gasteiger partial charge in [0.1, 0.15) is 10.1 Å². The molecule has 0 bridgehead atoms. The second-order valence-electron chi connectivity index (χ2n) is 5.30. The maximum atomic E-state index is 12.3. The number of ether oxygens (including phenoxy) is 2. The number of hydrogen-bond donors (Lipinski definition) is 0. The average molecular weight is 450 g/mol. The predicted molar refractivity (Wildman–Crippen MR) is 113 cm³/mol. The molecule has 4 nitrogen and oxygen atoms in total. The Labute approximate surface area is 169 Å². The summed E-state index contributed by atoms with van der Waals surface area (Å²) < 4.78 is 12.2. The molecule has 2 aromatic rings. The highest BCUT2D eigenvalue weighted by Crippen LogP contribution is 2.37. The van der Waals surface area contributed by atoms with Gasteiger partial charge in [0, 0.05) is 10.2 Å². The molecule has 0 unspecified atom stereocenters. The lowest BCUT2D eigenvalue weighted by atomic mass is 10.1. The number of thioether (sulfide) groups is 2. The minimum atomic E-state index is -0.0535. The highest BCUT2D eigenvalue weighted by atomic mass is 79.9. The number of hydrogen-bond acceptors (Lipinski definition) is 6. The molecule has 0 radical (unpaired) electrons. The molecule has 0 aliphatic carbocycles. The third-order valence-electron chi connectivity index (χ3n) is 3.60. The summed E-state index contributed by atoms with van der Waals surface area (Å²) in [6.45, 7) is 0. The van der Waals surface area contributed by atoms with Crippen molar-refractivity contribution in [2.75, 3.05) is 14.2 Å². The fourth-order valence-corrected chi connectivity index (χ4v) is 4.53. The second-order valence-corrected chi connectivity index (χ2v) is 8.34. The molecular formula is C19H16BrNO3S2. The van der Waals surface area contributed by atoms with E-state index >= 15 is 0 Å². The molecule has 134 valence electrons. The summed E-state index contributed by atoms with van der Waals surface area (Å²) in [5.41, 5.74) is 2.44. The third kappa shape index (κ3) is 4.52. The van der Waals surface area contributed by atoms with E-state index in [0.29, 0.717) is 17.2 Å². The smallest absolute Gasteiger partial charge is 0.244 e. The lowest BCUT2D eigenvalue weighted by Crippen LogP contribution is -1.93. The van der Waals surface area contributed by atoms with Crippen molar-refractivity contribution in [2.24, 2.45) is 4.99 Å². The number of carbonyl (C=O) groups excluding carboxylic acids is 1. The topological polar surface area (TPSA) is 47.9 Å². The molecule has 3 rings (SSSR count). The predicted octanol–water partition coefficient (Wildman–Crippen LogP) is 5.37. The molecule has 0 atom stereocenters. The van der Waals surface area contributed by atoms with Gasteiger partial charge in [0.05, 0.1) is 14.2 Å². The average Bonchev–Trinajstić information content (AvgIpc) is 3.01. The van der Waals surface area contributed by atoms with Crippen molar-refractivity contribution >= 4 is 55.0 Å². The van der Waals surface area contributed by atoms with Crippen LogP contribution in [0.5, 0.6) is 11.5 Å². The van der Waals surface area contributed by atoms with Crippen molar-refractivity contribution in [3.8, 4) is 11.5 Å². The molecule has 1 aliphatic rings. The summed E-state index contributed by atoms with van der Waals surface area (Å²) in [6, 6.07) is 13.8. The molecule has 1 heterocycles. The SMILES string of the molecule is COc1cc(Br)c(/C=C2/N=C(SCc3ccccc3)SC2=O)cc1OC. The molecule has 7 heteroatoms. The van der Waals surface area contributed by atoms with Gasteiger partial charge >= 0.3 is 0 Å². The summed E-state index contributed by atoms with van der Waals surface area (Å²) in [4.78, 5) is 16.8. The van der Waals surface area contributed by atoms with E-state index < -0.39 is 0 Å². The van der Waals surface area contributed by atoms with Crippen LogP contribution in [0, 0.1) is 0 Å². The lowest BCUT2D eigenvalue weighted by Gasteiger charge is -2.09. The number of methoxy groups -OCH3 is 2. The quantitative estimate of drug-likeness (QED) is 0.574. The monoisotopic (exact) mass is 449 g/mol. The number of carbonyl (C=O) groups is 1. The molecule has 0 saturated heterocycles. The number of aliphatic imine (C=N–C) groups is 1. The van der Waals surface area contributed by atoms with Crippen molar-refractivity contribution in [1.29, 1.82) is 0 Å². The second kappa shape index (κ2) is 8.79. The Morgan fingerprint density at radius 2 is 1.85 bits per heavy atom. The van der Waals surface area contributed by atoms with E-state index in [9.17, 15) is 4.79 Å². The van der Waals surface area contributed by atoms with E-state index in [-0.39, 0.29) is 5.12 Å². The first kappa shape index (κ1) is 19.1. The zero-order valence-corrected chi connectivity index (χ0v) is 17.4. The zero-order chi connectivity index (χ0) is 18.5. The van der Waals surface area contributed by atoms with Crippen LogP contribution >= 0.6 is 39.5 Å². The van der Waals surface area contributed by atoms with Crippen LogP contribution in [0.2, 0.25) is 0 Å². The summed E-state index contributed by atoms with van der Waals surface area (Å²) in [5.74, 6) is 2.01. The van der Waals surface area contributed by atoms with Crippen molar-refractivity contribution in [3.63, 3.8) is 0 Å². The number of halogens is 1. The summed E-state index contributed by atoms with van der Waals surface area (Å²) in [7, 11) is 3.16. The summed E-state index contributed by atoms with van der Waals surface area (Å²) in [5, 5.41) is -0.0535. The van der Waals surface area contributed by atoms with E-state index in [2.05, 4.69) is 33.1 Å². The van der Waals surface area contributed by atoms with Crippen LogP contribution in [-0.2, 0) is 10.5 Å². The zero-order valence-electron chi connectivity index (χ0n) is 14.2. The summed E-state index contributed by atoms with van der Waals surface area (Å²) >= 11 is 6.24. The van der Waals surface area contributed by atoms with Gasteiger partial charge in [-0.05, 0) is 41.1 Å². The van der Waals surface area contributed by atoms with E-state index in [4.69, 9.17) is 9.47 Å². The fraction of sp³-hybridized carbons (Fsp3) is 0.158. The van der Waals surface area contributed by atoms with E-state index in [1.807, 2.05) is 30.3 Å². The van der Waals surface area contributed by atoms with Crippen molar-refractivity contribution < 1.29 is 14.3 Å². The van der Waals surface area contributed by atoms with Gasteiger partial charge in [0.15, 0.2) is 11.5 Å². The number of nitrogens with zero attached hydrogens (tertiary/aromatic N) is 1. The molecule has 0 saturated carbocycles. The Bertz CT molecular complexity index is 882. The first-order chi connectivity index (χ1) is 12.6. The Morgan fingerprint density at radius 3 is 2.54 bits per heavy atom. The van der Waals surface area contributed by atoms with E-state index in [0.717, 1.165) is 20.2 Å². The van der Waals surface area contributed by atoms with Gasteiger partial charge in [-0.3, -0.25) is 4.79 Å². The van der Waals surface area contributed by atoms with Gasteiger partial charge < -0.3 is 9.47 Å². The number of rotatable bonds is 5. The Hall–Kier alpha value is -1.70. The van der Waals surface area contributed by atoms with Gasteiger partial charge in [-0.15, -0.1) is 0 Å². The van der Waals surface area contributed by atoms with Gasteiger partial charge in [-0.1, -0.05) is 58.0 Å². The molecule has 0 N–H and O–H groups in total. The van der Waals surface area contributed by atoms with Crippen molar-refractivity contribution in [3.05, 3.63) is 63.8 Å². The van der Waals surface area contributed by atoms with Crippen LogP contribution in [0.25, 0.3) is 6.08 Å². The van der Waals surface area contributed by atoms with Gasteiger partial charge in [-0.2, -0.15) is 0 Å².